The number of nitrogens with one attached hydrogen (secondary N) is 1. The number of carbonyl (C=O) groups excluding carboxylic acids is 1. The first-order valence-corrected chi connectivity index (χ1v) is 10.2. The van der Waals surface area contributed by atoms with Crippen LogP contribution in [0.25, 0.3) is 11.0 Å². The fourth-order valence-corrected chi connectivity index (χ4v) is 3.29. The number of primary amides is 1. The molecule has 1 aromatic heterocycles. The summed E-state index contributed by atoms with van der Waals surface area (Å²) >= 11 is 3.42. The lowest BCUT2D eigenvalue weighted by atomic mass is 10.2. The Morgan fingerprint density at radius 1 is 1.00 bits per heavy atom. The molecular formula is C23H20BrN3O3. The Balaban J connectivity index is 1.53. The lowest BCUT2D eigenvalue weighted by Gasteiger charge is -2.13. The molecule has 0 aliphatic carbocycles. The van der Waals surface area contributed by atoms with E-state index in [1.165, 1.54) is 0 Å². The quantitative estimate of drug-likeness (QED) is 0.406. The van der Waals surface area contributed by atoms with Gasteiger partial charge in [-0.05, 0) is 60.5 Å². The first kappa shape index (κ1) is 20.0. The Labute approximate surface area is 182 Å². The van der Waals surface area contributed by atoms with Gasteiger partial charge in [0.15, 0.2) is 11.5 Å². The fraction of sp³-hybridized carbons (Fsp3) is 0.130. The Morgan fingerprint density at radius 2 is 1.77 bits per heavy atom. The van der Waals surface area contributed by atoms with Crippen LogP contribution in [-0.4, -0.2) is 15.9 Å². The van der Waals surface area contributed by atoms with Crippen LogP contribution in [0.1, 0.15) is 27.3 Å². The summed E-state index contributed by atoms with van der Waals surface area (Å²) in [5.74, 6) is 1.13. The van der Waals surface area contributed by atoms with Gasteiger partial charge < -0.3 is 20.2 Å². The van der Waals surface area contributed by atoms with Crippen LogP contribution in [0.2, 0.25) is 0 Å². The van der Waals surface area contributed by atoms with Gasteiger partial charge in [0.2, 0.25) is 5.91 Å². The number of rotatable bonds is 7. The molecule has 3 aromatic carbocycles. The van der Waals surface area contributed by atoms with Crippen LogP contribution in [0.3, 0.4) is 0 Å². The number of aryl methyl sites for hydroxylation is 1. The highest BCUT2D eigenvalue weighted by atomic mass is 79.9. The van der Waals surface area contributed by atoms with E-state index in [2.05, 4.69) is 25.9 Å². The number of hydrogen-bond acceptors (Lipinski definition) is 4. The molecule has 4 rings (SSSR count). The molecule has 0 radical (unpaired) electrons. The number of nitrogens with zero attached hydrogens (tertiary/aromatic N) is 1. The van der Waals surface area contributed by atoms with E-state index < -0.39 is 5.91 Å². The third-order valence-electron chi connectivity index (χ3n) is 4.59. The third kappa shape index (κ3) is 4.63. The Bertz CT molecular complexity index is 1200. The Morgan fingerprint density at radius 3 is 2.53 bits per heavy atom. The van der Waals surface area contributed by atoms with Crippen molar-refractivity contribution in [2.75, 3.05) is 0 Å². The van der Waals surface area contributed by atoms with Crippen LogP contribution in [0.15, 0.2) is 65.1 Å². The monoisotopic (exact) mass is 465 g/mol. The number of aromatic nitrogens is 2. The molecule has 1 heterocycles. The fourth-order valence-electron chi connectivity index (χ4n) is 3.03. The molecular weight excluding hydrogens is 446 g/mol. The molecule has 0 bridgehead atoms. The first-order chi connectivity index (χ1) is 14.5. The molecule has 1 amide bonds. The van der Waals surface area contributed by atoms with E-state index in [0.717, 1.165) is 26.6 Å². The maximum Gasteiger partial charge on any atom is 0.248 e. The molecule has 0 aliphatic rings. The predicted octanol–water partition coefficient (Wildman–Crippen LogP) is 4.89. The zero-order valence-electron chi connectivity index (χ0n) is 16.3. The highest BCUT2D eigenvalue weighted by molar-refractivity contribution is 9.10. The van der Waals surface area contributed by atoms with Crippen molar-refractivity contribution >= 4 is 32.9 Å². The number of halogens is 1. The lowest BCUT2D eigenvalue weighted by Crippen LogP contribution is -2.11. The molecule has 6 nitrogen and oxygen atoms in total. The predicted molar refractivity (Wildman–Crippen MR) is 119 cm³/mol. The summed E-state index contributed by atoms with van der Waals surface area (Å²) < 4.78 is 12.9. The van der Waals surface area contributed by atoms with Crippen molar-refractivity contribution in [3.63, 3.8) is 0 Å². The van der Waals surface area contributed by atoms with Gasteiger partial charge in [-0.3, -0.25) is 4.79 Å². The second kappa shape index (κ2) is 8.59. The van der Waals surface area contributed by atoms with Crippen LogP contribution in [0.5, 0.6) is 11.5 Å². The van der Waals surface area contributed by atoms with Crippen molar-refractivity contribution in [1.29, 1.82) is 0 Å². The van der Waals surface area contributed by atoms with E-state index in [-0.39, 0.29) is 6.61 Å². The molecule has 0 atom stereocenters. The van der Waals surface area contributed by atoms with Gasteiger partial charge in [0.05, 0.1) is 11.0 Å². The number of carbonyl (C=O) groups is 1. The topological polar surface area (TPSA) is 90.2 Å². The van der Waals surface area contributed by atoms with Crippen molar-refractivity contribution in [2.24, 2.45) is 5.73 Å². The number of ether oxygens (including phenoxy) is 2. The van der Waals surface area contributed by atoms with Crippen LogP contribution in [0.4, 0.5) is 0 Å². The molecule has 30 heavy (non-hydrogen) atoms. The van der Waals surface area contributed by atoms with Gasteiger partial charge in [0.25, 0.3) is 0 Å². The van der Waals surface area contributed by atoms with E-state index in [1.54, 1.807) is 18.2 Å². The van der Waals surface area contributed by atoms with Crippen molar-refractivity contribution in [3.8, 4) is 11.5 Å². The van der Waals surface area contributed by atoms with Crippen molar-refractivity contribution < 1.29 is 14.3 Å². The largest absolute Gasteiger partial charge is 0.485 e. The summed E-state index contributed by atoms with van der Waals surface area (Å²) in [6, 6.07) is 18.7. The minimum Gasteiger partial charge on any atom is -0.485 e. The second-order valence-electron chi connectivity index (χ2n) is 6.93. The number of aromatic amines is 1. The molecule has 0 saturated carbocycles. The number of imidazole rings is 1. The van der Waals surface area contributed by atoms with Crippen molar-refractivity contribution in [3.05, 3.63) is 87.7 Å². The van der Waals surface area contributed by atoms with E-state index in [9.17, 15) is 4.79 Å². The number of H-pyrrole nitrogens is 1. The standard InChI is InChI=1S/C23H20BrN3O3/c1-14-2-8-18-19(10-14)27-22(26-18)13-30-20-9-5-16(23(25)28)11-21(20)29-12-15-3-6-17(24)7-4-15/h2-11H,12-13H2,1H3,(H2,25,28)(H,26,27). The smallest absolute Gasteiger partial charge is 0.248 e. The molecule has 7 heteroatoms. The minimum absolute atomic E-state index is 0.234. The van der Waals surface area contributed by atoms with Crippen molar-refractivity contribution in [1.82, 2.24) is 9.97 Å². The molecule has 0 spiro atoms. The highest BCUT2D eigenvalue weighted by Crippen LogP contribution is 2.30. The van der Waals surface area contributed by atoms with Gasteiger partial charge >= 0.3 is 0 Å². The van der Waals surface area contributed by atoms with Gasteiger partial charge in [-0.1, -0.05) is 34.1 Å². The first-order valence-electron chi connectivity index (χ1n) is 9.37. The number of benzene rings is 3. The van der Waals surface area contributed by atoms with E-state index >= 15 is 0 Å². The summed E-state index contributed by atoms with van der Waals surface area (Å²) in [5, 5.41) is 0. The molecule has 3 N–H and O–H groups in total. The zero-order chi connectivity index (χ0) is 21.1. The summed E-state index contributed by atoms with van der Waals surface area (Å²) in [6.07, 6.45) is 0. The zero-order valence-corrected chi connectivity index (χ0v) is 17.9. The normalized spacial score (nSPS) is 10.9. The van der Waals surface area contributed by atoms with E-state index in [1.807, 2.05) is 49.4 Å². The second-order valence-corrected chi connectivity index (χ2v) is 7.85. The van der Waals surface area contributed by atoms with Gasteiger partial charge in [0.1, 0.15) is 19.0 Å². The lowest BCUT2D eigenvalue weighted by molar-refractivity contribution is 0.0999. The molecule has 0 fully saturated rings. The number of nitrogens with two attached hydrogens (primary N) is 1. The third-order valence-corrected chi connectivity index (χ3v) is 5.12. The molecule has 0 unspecified atom stereocenters. The number of amides is 1. The average molecular weight is 466 g/mol. The summed E-state index contributed by atoms with van der Waals surface area (Å²) in [6.45, 7) is 2.60. The molecule has 152 valence electrons. The Kier molecular flexibility index (Phi) is 5.72. The van der Waals surface area contributed by atoms with Crippen LogP contribution in [-0.2, 0) is 13.2 Å². The highest BCUT2D eigenvalue weighted by Gasteiger charge is 2.12. The van der Waals surface area contributed by atoms with Crippen molar-refractivity contribution in [2.45, 2.75) is 20.1 Å². The summed E-state index contributed by atoms with van der Waals surface area (Å²) in [5.41, 5.74) is 9.77. The molecule has 0 saturated heterocycles. The molecule has 0 aliphatic heterocycles. The van der Waals surface area contributed by atoms with Crippen LogP contribution in [0, 0.1) is 6.92 Å². The number of hydrogen-bond donors (Lipinski definition) is 2. The van der Waals surface area contributed by atoms with Gasteiger partial charge in [-0.2, -0.15) is 0 Å². The van der Waals surface area contributed by atoms with Gasteiger partial charge in [-0.15, -0.1) is 0 Å². The SMILES string of the molecule is Cc1ccc2nc(COc3ccc(C(N)=O)cc3OCc3ccc(Br)cc3)[nH]c2c1. The summed E-state index contributed by atoms with van der Waals surface area (Å²) in [7, 11) is 0. The van der Waals surface area contributed by atoms with Gasteiger partial charge in [-0.25, -0.2) is 4.98 Å². The Hall–Kier alpha value is -3.32. The minimum atomic E-state index is -0.525. The van der Waals surface area contributed by atoms with Gasteiger partial charge in [0, 0.05) is 10.0 Å². The molecule has 4 aromatic rings. The number of fused-ring (bicyclic) bond motifs is 1. The van der Waals surface area contributed by atoms with Crippen LogP contribution < -0.4 is 15.2 Å². The van der Waals surface area contributed by atoms with E-state index in [0.29, 0.717) is 29.5 Å². The summed E-state index contributed by atoms with van der Waals surface area (Å²) in [4.78, 5) is 19.4. The van der Waals surface area contributed by atoms with Crippen LogP contribution >= 0.6 is 15.9 Å². The van der Waals surface area contributed by atoms with E-state index in [4.69, 9.17) is 15.2 Å². The maximum absolute atomic E-state index is 11.6. The average Bonchev–Trinajstić information content (AvgIpc) is 3.14. The maximum atomic E-state index is 11.6.